The quantitative estimate of drug-likeness (QED) is 0.182. The van der Waals surface area contributed by atoms with Crippen LogP contribution in [0.5, 0.6) is 0 Å². The van der Waals surface area contributed by atoms with Gasteiger partial charge in [0.15, 0.2) is 11.5 Å². The molecule has 4 amide bonds. The first-order chi connectivity index (χ1) is 23.6. The van der Waals surface area contributed by atoms with Gasteiger partial charge in [-0.25, -0.2) is 18.6 Å². The number of urea groups is 1. The number of hydrogen-bond acceptors (Lipinski definition) is 7. The number of likely N-dealkylation sites (tertiary alicyclic amines) is 1. The summed E-state index contributed by atoms with van der Waals surface area (Å²) in [6, 6.07) is 2.71. The Morgan fingerprint density at radius 2 is 1.82 bits per heavy atom. The van der Waals surface area contributed by atoms with Crippen LogP contribution in [-0.4, -0.2) is 97.8 Å². The molecule has 2 aromatic heterocycles. The number of piperidine rings is 1. The van der Waals surface area contributed by atoms with Crippen molar-refractivity contribution in [2.24, 2.45) is 18.9 Å². The van der Waals surface area contributed by atoms with E-state index in [0.717, 1.165) is 36.5 Å². The van der Waals surface area contributed by atoms with Crippen LogP contribution < -0.4 is 21.3 Å². The highest BCUT2D eigenvalue weighted by Gasteiger charge is 2.60. The predicted molar refractivity (Wildman–Crippen MR) is 166 cm³/mol. The molecule has 4 aliphatic rings. The predicted octanol–water partition coefficient (Wildman–Crippen LogP) is 3.22. The van der Waals surface area contributed by atoms with Crippen LogP contribution in [0.25, 0.3) is 11.3 Å². The number of anilines is 1. The molecule has 4 heterocycles. The van der Waals surface area contributed by atoms with Crippen molar-refractivity contribution < 1.29 is 46.2 Å². The first-order valence-electron chi connectivity index (χ1n) is 15.4. The highest BCUT2D eigenvalue weighted by molar-refractivity contribution is 6.34. The second-order valence-corrected chi connectivity index (χ2v) is 12.9. The van der Waals surface area contributed by atoms with Gasteiger partial charge in [0.2, 0.25) is 0 Å². The van der Waals surface area contributed by atoms with Crippen molar-refractivity contribution in [2.75, 3.05) is 31.5 Å². The maximum Gasteiger partial charge on any atom is 0.435 e. The van der Waals surface area contributed by atoms with Gasteiger partial charge in [-0.3, -0.25) is 19.1 Å². The number of carbonyl (C=O) groups excluding carboxylic acids is 3. The van der Waals surface area contributed by atoms with Gasteiger partial charge >= 0.3 is 12.2 Å². The second kappa shape index (κ2) is 13.2. The average molecular weight is 728 g/mol. The fraction of sp³-hybridized carbons (Fsp3) is 0.467. The number of halogens is 6. The Morgan fingerprint density at radius 1 is 1.14 bits per heavy atom. The maximum atomic E-state index is 13.7. The molecule has 2 unspecified atom stereocenters. The van der Waals surface area contributed by atoms with E-state index in [1.165, 1.54) is 25.2 Å². The Bertz CT molecular complexity index is 1810. The van der Waals surface area contributed by atoms with Gasteiger partial charge in [-0.1, -0.05) is 11.6 Å². The molecular formula is C30H31ClF5N9O5. The van der Waals surface area contributed by atoms with Crippen molar-refractivity contribution in [3.8, 4) is 11.3 Å². The zero-order valence-electron chi connectivity index (χ0n) is 26.2. The molecular weight excluding hydrogens is 697 g/mol. The van der Waals surface area contributed by atoms with E-state index in [-0.39, 0.29) is 64.2 Å². The number of carboxylic acid groups (broad SMARTS) is 1. The summed E-state index contributed by atoms with van der Waals surface area (Å²) in [5, 5.41) is 22.1. The van der Waals surface area contributed by atoms with Crippen molar-refractivity contribution in [2.45, 2.75) is 43.1 Å². The summed E-state index contributed by atoms with van der Waals surface area (Å²) in [4.78, 5) is 52.6. The van der Waals surface area contributed by atoms with Crippen molar-refractivity contribution in [1.29, 1.82) is 0 Å². The van der Waals surface area contributed by atoms with Crippen molar-refractivity contribution >= 4 is 41.6 Å². The summed E-state index contributed by atoms with van der Waals surface area (Å²) >= 11 is 6.38. The van der Waals surface area contributed by atoms with E-state index in [1.54, 1.807) is 4.90 Å². The topological polar surface area (TPSA) is 176 Å². The number of amides is 4. The summed E-state index contributed by atoms with van der Waals surface area (Å²) in [6.45, 7) is 2.48. The number of imidazole rings is 1. The molecule has 2 aliphatic carbocycles. The number of aromatic nitrogens is 4. The molecule has 2 aliphatic heterocycles. The average Bonchev–Trinajstić information content (AvgIpc) is 3.52. The molecule has 5 N–H and O–H groups in total. The number of benzene rings is 1. The monoisotopic (exact) mass is 727 g/mol. The standard InChI is InChI=1S/C29H29ClF5N9O3.CH2O2/c1-42-20(18-12-44(21-7-28(21,31)32)41-23(18)29(33,34)35)9-37-24(42)26(46)38-13-2-3-15(19(30)6-13)25(45)40-22-16-10-43(11-17(16)22)27(47)39-14-4-5-36-8-14;2-1-3/h2-3,6,9,12,14,16-17,21-22,36H,4-5,7-8,10-11H2,1H3,(H,38,46)(H,39,47)(H,40,45);1H,(H,2,3)/t14-,16-,17+,21?,22?;/m0./s1. The summed E-state index contributed by atoms with van der Waals surface area (Å²) in [5.41, 5.74) is -1.64. The van der Waals surface area contributed by atoms with Crippen LogP contribution in [0.4, 0.5) is 32.4 Å². The Hall–Kier alpha value is -4.78. The highest BCUT2D eigenvalue weighted by Crippen LogP contribution is 2.53. The third-order valence-corrected chi connectivity index (χ3v) is 9.53. The van der Waals surface area contributed by atoms with Gasteiger partial charge in [-0.15, -0.1) is 0 Å². The molecule has 0 radical (unpaired) electrons. The van der Waals surface area contributed by atoms with Crippen LogP contribution >= 0.6 is 11.6 Å². The van der Waals surface area contributed by atoms with Gasteiger partial charge in [0.05, 0.1) is 28.0 Å². The van der Waals surface area contributed by atoms with E-state index in [1.807, 2.05) is 0 Å². The van der Waals surface area contributed by atoms with Crippen LogP contribution in [0.1, 0.15) is 45.6 Å². The number of rotatable bonds is 7. The summed E-state index contributed by atoms with van der Waals surface area (Å²) in [5.74, 6) is -4.29. The zero-order chi connectivity index (χ0) is 36.1. The number of nitrogens with zero attached hydrogens (tertiary/aromatic N) is 5. The van der Waals surface area contributed by atoms with Crippen LogP contribution in [-0.2, 0) is 18.0 Å². The lowest BCUT2D eigenvalue weighted by Crippen LogP contribution is -2.46. The van der Waals surface area contributed by atoms with Gasteiger partial charge in [0.1, 0.15) is 6.04 Å². The van der Waals surface area contributed by atoms with E-state index in [0.29, 0.717) is 17.8 Å². The van der Waals surface area contributed by atoms with Crippen LogP contribution in [0.3, 0.4) is 0 Å². The first-order valence-corrected chi connectivity index (χ1v) is 15.8. The fourth-order valence-corrected chi connectivity index (χ4v) is 6.71. The Kier molecular flexibility index (Phi) is 9.23. The lowest BCUT2D eigenvalue weighted by Gasteiger charge is -2.23. The highest BCUT2D eigenvalue weighted by atomic mass is 35.5. The van der Waals surface area contributed by atoms with Crippen LogP contribution in [0.2, 0.25) is 5.02 Å². The molecule has 7 rings (SSSR count). The van der Waals surface area contributed by atoms with E-state index in [4.69, 9.17) is 21.5 Å². The maximum absolute atomic E-state index is 13.7. The van der Waals surface area contributed by atoms with Gasteiger partial charge in [0.25, 0.3) is 24.2 Å². The largest absolute Gasteiger partial charge is 0.483 e. The van der Waals surface area contributed by atoms with E-state index < -0.39 is 47.6 Å². The van der Waals surface area contributed by atoms with E-state index in [2.05, 4.69) is 31.3 Å². The normalized spacial score (nSPS) is 24.5. The van der Waals surface area contributed by atoms with Gasteiger partial charge in [-0.2, -0.15) is 18.3 Å². The zero-order valence-corrected chi connectivity index (χ0v) is 26.9. The Labute approximate surface area is 285 Å². The molecule has 3 aromatic rings. The number of fused-ring (bicyclic) bond motifs is 1. The second-order valence-electron chi connectivity index (χ2n) is 12.5. The molecule has 0 spiro atoms. The summed E-state index contributed by atoms with van der Waals surface area (Å²) in [6.07, 6.45) is -2.75. The molecule has 20 heteroatoms. The van der Waals surface area contributed by atoms with Gasteiger partial charge in [-0.05, 0) is 31.2 Å². The van der Waals surface area contributed by atoms with Crippen molar-refractivity contribution in [1.82, 2.24) is 40.2 Å². The molecule has 1 aromatic carbocycles. The molecule has 2 saturated carbocycles. The van der Waals surface area contributed by atoms with E-state index in [9.17, 15) is 36.3 Å². The first kappa shape index (κ1) is 35.1. The summed E-state index contributed by atoms with van der Waals surface area (Å²) in [7, 11) is 1.31. The van der Waals surface area contributed by atoms with Crippen LogP contribution in [0.15, 0.2) is 30.6 Å². The minimum atomic E-state index is -4.94. The molecule has 268 valence electrons. The summed E-state index contributed by atoms with van der Waals surface area (Å²) < 4.78 is 70.0. The molecule has 2 saturated heterocycles. The lowest BCUT2D eigenvalue weighted by atomic mass is 10.2. The minimum absolute atomic E-state index is 0.0527. The van der Waals surface area contributed by atoms with Crippen molar-refractivity contribution in [3.63, 3.8) is 0 Å². The molecule has 5 atom stereocenters. The number of hydrogen-bond donors (Lipinski definition) is 5. The third kappa shape index (κ3) is 6.96. The van der Waals surface area contributed by atoms with Crippen molar-refractivity contribution in [3.05, 3.63) is 52.7 Å². The molecule has 4 fully saturated rings. The SMILES string of the molecule is Cn1c(-c2cn(C3CC3(F)F)nc2C(F)(F)F)cnc1C(=O)Nc1ccc(C(=O)NC2[C@H]3CN(C(=O)N[C@H]4CCNC4)C[C@@H]23)c(Cl)c1.O=CO. The number of alkyl halides is 5. The smallest absolute Gasteiger partial charge is 0.435 e. The molecule has 0 bridgehead atoms. The lowest BCUT2D eigenvalue weighted by molar-refractivity contribution is -0.141. The molecule has 50 heavy (non-hydrogen) atoms. The third-order valence-electron chi connectivity index (χ3n) is 9.22. The van der Waals surface area contributed by atoms with E-state index >= 15 is 0 Å². The van der Waals surface area contributed by atoms with Crippen LogP contribution in [0, 0.1) is 11.8 Å². The molecule has 14 nitrogen and oxygen atoms in total. The Morgan fingerprint density at radius 3 is 2.40 bits per heavy atom. The minimum Gasteiger partial charge on any atom is -0.483 e. The van der Waals surface area contributed by atoms with Gasteiger partial charge in [0, 0.05) is 68.9 Å². The number of nitrogens with one attached hydrogen (secondary N) is 4. The van der Waals surface area contributed by atoms with Gasteiger partial charge < -0.3 is 35.8 Å². The number of carbonyl (C=O) groups is 4. The fourth-order valence-electron chi connectivity index (χ4n) is 6.45. The Balaban J connectivity index is 0.00000139.